The van der Waals surface area contributed by atoms with Gasteiger partial charge in [-0.05, 0) is 26.3 Å². The molecule has 1 unspecified atom stereocenters. The Bertz CT molecular complexity index is 487. The van der Waals surface area contributed by atoms with Crippen molar-refractivity contribution in [2.45, 2.75) is 44.6 Å². The number of nitrogens with zero attached hydrogens (tertiary/aromatic N) is 2. The highest BCUT2D eigenvalue weighted by Crippen LogP contribution is 2.41. The molecule has 0 amide bonds. The molecule has 0 aliphatic carbocycles. The Morgan fingerprint density at radius 2 is 2.16 bits per heavy atom. The first-order valence-corrected chi connectivity index (χ1v) is 6.38. The standard InChI is InChI=1S/C13H19F2N3O/c1-12(2,3)18-5-4-13(14,15)10(8-18)9-6-16-11(19)17-7-9/h6-7,10H,4-5,8H2,1-3H3,(H,16,17,19). The van der Waals surface area contributed by atoms with Crippen LogP contribution in [0.2, 0.25) is 0 Å². The number of aromatic nitrogens is 2. The second-order valence-electron chi connectivity index (χ2n) is 6.03. The zero-order valence-corrected chi connectivity index (χ0v) is 11.4. The summed E-state index contributed by atoms with van der Waals surface area (Å²) in [4.78, 5) is 18.9. The minimum atomic E-state index is -2.76. The molecule has 0 spiro atoms. The number of hydrogen-bond acceptors (Lipinski definition) is 3. The lowest BCUT2D eigenvalue weighted by Crippen LogP contribution is -2.52. The highest BCUT2D eigenvalue weighted by Gasteiger charge is 2.46. The van der Waals surface area contributed by atoms with E-state index in [2.05, 4.69) is 9.97 Å². The van der Waals surface area contributed by atoms with Crippen LogP contribution in [0.1, 0.15) is 38.7 Å². The molecule has 1 aliphatic rings. The smallest absolute Gasteiger partial charge is 0.312 e. The molecule has 4 nitrogen and oxygen atoms in total. The fourth-order valence-electron chi connectivity index (χ4n) is 2.41. The molecule has 106 valence electrons. The first-order chi connectivity index (χ1) is 8.70. The normalized spacial score (nSPS) is 24.4. The molecule has 2 heterocycles. The number of H-pyrrole nitrogens is 1. The lowest BCUT2D eigenvalue weighted by Gasteiger charge is -2.44. The molecular weight excluding hydrogens is 252 g/mol. The molecule has 1 saturated heterocycles. The maximum atomic E-state index is 14.1. The van der Waals surface area contributed by atoms with Gasteiger partial charge in [0.25, 0.3) is 5.92 Å². The Balaban J connectivity index is 2.29. The number of alkyl halides is 2. The third-order valence-corrected chi connectivity index (χ3v) is 3.67. The number of hydrogen-bond donors (Lipinski definition) is 1. The highest BCUT2D eigenvalue weighted by atomic mass is 19.3. The van der Waals surface area contributed by atoms with E-state index in [4.69, 9.17) is 0 Å². The van der Waals surface area contributed by atoms with Crippen molar-refractivity contribution in [3.8, 4) is 0 Å². The molecule has 19 heavy (non-hydrogen) atoms. The number of halogens is 2. The molecule has 1 fully saturated rings. The Kier molecular flexibility index (Phi) is 3.47. The van der Waals surface area contributed by atoms with E-state index in [9.17, 15) is 13.6 Å². The SMILES string of the molecule is CC(C)(C)N1CCC(F)(F)C(c2cnc(=O)[nH]c2)C1. The van der Waals surface area contributed by atoms with Gasteiger partial charge >= 0.3 is 5.69 Å². The van der Waals surface area contributed by atoms with E-state index >= 15 is 0 Å². The van der Waals surface area contributed by atoms with Crippen molar-refractivity contribution in [2.24, 2.45) is 0 Å². The van der Waals surface area contributed by atoms with Crippen molar-refractivity contribution in [3.05, 3.63) is 28.4 Å². The van der Waals surface area contributed by atoms with Crippen molar-refractivity contribution in [2.75, 3.05) is 13.1 Å². The third-order valence-electron chi connectivity index (χ3n) is 3.67. The number of nitrogens with one attached hydrogen (secondary N) is 1. The van der Waals surface area contributed by atoms with Crippen LogP contribution in [0.15, 0.2) is 17.2 Å². The van der Waals surface area contributed by atoms with Gasteiger partial charge < -0.3 is 4.98 Å². The van der Waals surface area contributed by atoms with Crippen molar-refractivity contribution >= 4 is 0 Å². The lowest BCUT2D eigenvalue weighted by atomic mass is 9.86. The van der Waals surface area contributed by atoms with E-state index < -0.39 is 17.5 Å². The number of aromatic amines is 1. The molecule has 1 N–H and O–H groups in total. The summed E-state index contributed by atoms with van der Waals surface area (Å²) >= 11 is 0. The third kappa shape index (κ3) is 3.00. The van der Waals surface area contributed by atoms with Crippen LogP contribution < -0.4 is 5.69 Å². The molecule has 0 aromatic carbocycles. The first kappa shape index (κ1) is 14.1. The fourth-order valence-corrected chi connectivity index (χ4v) is 2.41. The largest absolute Gasteiger partial charge is 0.344 e. The minimum Gasteiger partial charge on any atom is -0.312 e. The molecule has 1 aromatic heterocycles. The molecule has 0 bridgehead atoms. The molecule has 1 aliphatic heterocycles. The quantitative estimate of drug-likeness (QED) is 0.850. The van der Waals surface area contributed by atoms with E-state index in [1.807, 2.05) is 25.7 Å². The van der Waals surface area contributed by atoms with E-state index in [0.29, 0.717) is 12.1 Å². The summed E-state index contributed by atoms with van der Waals surface area (Å²) in [7, 11) is 0. The molecule has 2 rings (SSSR count). The maximum Gasteiger partial charge on any atom is 0.344 e. The van der Waals surface area contributed by atoms with Gasteiger partial charge in [0, 0.05) is 37.4 Å². The Labute approximate surface area is 110 Å². The monoisotopic (exact) mass is 271 g/mol. The predicted octanol–water partition coefficient (Wildman–Crippen LogP) is 1.99. The number of rotatable bonds is 1. The summed E-state index contributed by atoms with van der Waals surface area (Å²) in [6.07, 6.45) is 2.43. The van der Waals surface area contributed by atoms with Gasteiger partial charge in [0.2, 0.25) is 0 Å². The maximum absolute atomic E-state index is 14.1. The van der Waals surface area contributed by atoms with Crippen LogP contribution in [0.3, 0.4) is 0 Å². The number of piperidine rings is 1. The van der Waals surface area contributed by atoms with Gasteiger partial charge in [-0.3, -0.25) is 4.90 Å². The summed E-state index contributed by atoms with van der Waals surface area (Å²) in [5, 5.41) is 0. The van der Waals surface area contributed by atoms with Crippen LogP contribution in [0.5, 0.6) is 0 Å². The van der Waals surface area contributed by atoms with Crippen LogP contribution in [0.25, 0.3) is 0 Å². The molecule has 1 atom stereocenters. The van der Waals surface area contributed by atoms with Crippen LogP contribution in [0.4, 0.5) is 8.78 Å². The molecule has 0 saturated carbocycles. The van der Waals surface area contributed by atoms with Crippen molar-refractivity contribution in [3.63, 3.8) is 0 Å². The summed E-state index contributed by atoms with van der Waals surface area (Å²) < 4.78 is 28.1. The number of likely N-dealkylation sites (tertiary alicyclic amines) is 1. The molecule has 1 aromatic rings. The van der Waals surface area contributed by atoms with Crippen molar-refractivity contribution < 1.29 is 8.78 Å². The van der Waals surface area contributed by atoms with Gasteiger partial charge in [0.05, 0.1) is 5.92 Å². The molecule has 6 heteroatoms. The van der Waals surface area contributed by atoms with Gasteiger partial charge in [-0.15, -0.1) is 0 Å². The van der Waals surface area contributed by atoms with Gasteiger partial charge in [-0.25, -0.2) is 18.6 Å². The summed E-state index contributed by atoms with van der Waals surface area (Å²) in [5.41, 5.74) is -0.279. The Morgan fingerprint density at radius 1 is 1.47 bits per heavy atom. The van der Waals surface area contributed by atoms with Crippen molar-refractivity contribution in [1.82, 2.24) is 14.9 Å². The topological polar surface area (TPSA) is 49.0 Å². The van der Waals surface area contributed by atoms with E-state index in [-0.39, 0.29) is 18.5 Å². The van der Waals surface area contributed by atoms with E-state index in [0.717, 1.165) is 0 Å². The molecule has 0 radical (unpaired) electrons. The van der Waals surface area contributed by atoms with Crippen LogP contribution in [-0.4, -0.2) is 39.4 Å². The zero-order chi connectivity index (χ0) is 14.3. The van der Waals surface area contributed by atoms with Gasteiger partial charge in [-0.2, -0.15) is 0 Å². The zero-order valence-electron chi connectivity index (χ0n) is 11.4. The first-order valence-electron chi connectivity index (χ1n) is 6.38. The highest BCUT2D eigenvalue weighted by molar-refractivity contribution is 5.17. The van der Waals surface area contributed by atoms with Gasteiger partial charge in [0.1, 0.15) is 0 Å². The van der Waals surface area contributed by atoms with E-state index in [1.165, 1.54) is 12.4 Å². The average Bonchev–Trinajstić information content (AvgIpc) is 2.28. The lowest BCUT2D eigenvalue weighted by molar-refractivity contribution is -0.0910. The van der Waals surface area contributed by atoms with Crippen LogP contribution in [0, 0.1) is 0 Å². The average molecular weight is 271 g/mol. The van der Waals surface area contributed by atoms with Crippen LogP contribution in [-0.2, 0) is 0 Å². The van der Waals surface area contributed by atoms with Crippen molar-refractivity contribution in [1.29, 1.82) is 0 Å². The van der Waals surface area contributed by atoms with Gasteiger partial charge in [-0.1, -0.05) is 0 Å². The summed E-state index contributed by atoms with van der Waals surface area (Å²) in [6.45, 7) is 6.68. The van der Waals surface area contributed by atoms with Crippen LogP contribution >= 0.6 is 0 Å². The Morgan fingerprint density at radius 3 is 2.68 bits per heavy atom. The second kappa shape index (κ2) is 4.67. The minimum absolute atomic E-state index is 0.148. The van der Waals surface area contributed by atoms with Gasteiger partial charge in [0.15, 0.2) is 0 Å². The Hall–Kier alpha value is -1.30. The fraction of sp³-hybridized carbons (Fsp3) is 0.692. The second-order valence-corrected chi connectivity index (χ2v) is 6.03. The summed E-state index contributed by atoms with van der Waals surface area (Å²) in [5.74, 6) is -3.69. The summed E-state index contributed by atoms with van der Waals surface area (Å²) in [6, 6.07) is 0. The van der Waals surface area contributed by atoms with E-state index in [1.54, 1.807) is 0 Å². The predicted molar refractivity (Wildman–Crippen MR) is 68.5 cm³/mol. The molecular formula is C13H19F2N3O.